The van der Waals surface area contributed by atoms with Gasteiger partial charge in [0, 0.05) is 6.54 Å². The molecule has 0 radical (unpaired) electrons. The highest BCUT2D eigenvalue weighted by Crippen LogP contribution is 2.39. The Morgan fingerprint density at radius 2 is 1.58 bits per heavy atom. The summed E-state index contributed by atoms with van der Waals surface area (Å²) >= 11 is 0. The molecule has 4 aromatic rings. The fourth-order valence-corrected chi connectivity index (χ4v) is 4.63. The molecule has 1 atom stereocenters. The molecule has 0 spiro atoms. The Morgan fingerprint density at radius 3 is 2.24 bits per heavy atom. The van der Waals surface area contributed by atoms with Crippen LogP contribution in [0.4, 0.5) is 0 Å². The Morgan fingerprint density at radius 1 is 0.909 bits per heavy atom. The van der Waals surface area contributed by atoms with Crippen LogP contribution in [0.5, 0.6) is 0 Å². The molecule has 0 aliphatic carbocycles. The highest BCUT2D eigenvalue weighted by Gasteiger charge is 2.42. The summed E-state index contributed by atoms with van der Waals surface area (Å²) < 4.78 is 6.12. The molecule has 166 valence electrons. The van der Waals surface area contributed by atoms with Crippen molar-refractivity contribution >= 4 is 16.9 Å². The Balaban J connectivity index is 1.72. The van der Waals surface area contributed by atoms with E-state index in [-0.39, 0.29) is 17.1 Å². The van der Waals surface area contributed by atoms with Crippen molar-refractivity contribution in [1.29, 1.82) is 0 Å². The Labute approximate surface area is 193 Å². The second kappa shape index (κ2) is 8.04. The minimum absolute atomic E-state index is 0.129. The predicted octanol–water partition coefficient (Wildman–Crippen LogP) is 6.28. The van der Waals surface area contributed by atoms with E-state index in [0.717, 1.165) is 22.3 Å². The second-order valence-corrected chi connectivity index (χ2v) is 9.25. The molecular weight excluding hydrogens is 410 g/mol. The SMILES string of the molecule is Cc1cc2oc3c(c(=O)c2cc1C)C(c1ccc(C(C)C)cc1)N(Cc1ccccc1)C3=O. The number of carbonyl (C=O) groups is 1. The van der Waals surface area contributed by atoms with Gasteiger partial charge in [-0.2, -0.15) is 0 Å². The molecule has 1 aliphatic heterocycles. The molecule has 33 heavy (non-hydrogen) atoms. The van der Waals surface area contributed by atoms with Crippen LogP contribution in [0.15, 0.2) is 75.9 Å². The van der Waals surface area contributed by atoms with Crippen molar-refractivity contribution in [1.82, 2.24) is 4.90 Å². The smallest absolute Gasteiger partial charge is 0.291 e. The van der Waals surface area contributed by atoms with Gasteiger partial charge < -0.3 is 9.32 Å². The van der Waals surface area contributed by atoms with Gasteiger partial charge >= 0.3 is 0 Å². The third-order valence-corrected chi connectivity index (χ3v) is 6.70. The standard InChI is InChI=1S/C29H27NO3/c1-17(2)21-10-12-22(13-11-21)26-25-27(31)23-14-18(3)19(4)15-24(23)33-28(25)29(32)30(26)16-20-8-6-5-7-9-20/h5-15,17,26H,16H2,1-4H3. The van der Waals surface area contributed by atoms with Crippen LogP contribution in [0.2, 0.25) is 0 Å². The molecule has 0 saturated heterocycles. The second-order valence-electron chi connectivity index (χ2n) is 9.25. The fourth-order valence-electron chi connectivity index (χ4n) is 4.63. The van der Waals surface area contributed by atoms with Crippen LogP contribution < -0.4 is 5.43 Å². The van der Waals surface area contributed by atoms with Crippen molar-refractivity contribution in [3.05, 3.63) is 116 Å². The Bertz CT molecular complexity index is 1420. The van der Waals surface area contributed by atoms with Crippen molar-refractivity contribution in [3.63, 3.8) is 0 Å². The summed E-state index contributed by atoms with van der Waals surface area (Å²) in [6.45, 7) is 8.65. The van der Waals surface area contributed by atoms with Gasteiger partial charge in [0.2, 0.25) is 5.76 Å². The summed E-state index contributed by atoms with van der Waals surface area (Å²) in [5.41, 5.74) is 5.96. The first-order valence-corrected chi connectivity index (χ1v) is 11.4. The summed E-state index contributed by atoms with van der Waals surface area (Å²) in [6.07, 6.45) is 0. The van der Waals surface area contributed by atoms with Crippen LogP contribution in [0, 0.1) is 13.8 Å². The minimum atomic E-state index is -0.490. The van der Waals surface area contributed by atoms with Gasteiger partial charge in [-0.15, -0.1) is 0 Å². The molecule has 5 rings (SSSR count). The zero-order chi connectivity index (χ0) is 23.3. The molecule has 4 nitrogen and oxygen atoms in total. The first-order valence-electron chi connectivity index (χ1n) is 11.4. The summed E-state index contributed by atoms with van der Waals surface area (Å²) in [7, 11) is 0. The number of hydrogen-bond donors (Lipinski definition) is 0. The van der Waals surface area contributed by atoms with Crippen LogP contribution >= 0.6 is 0 Å². The number of nitrogens with zero attached hydrogens (tertiary/aromatic N) is 1. The molecule has 4 heteroatoms. The number of aryl methyl sites for hydroxylation is 2. The summed E-state index contributed by atoms with van der Waals surface area (Å²) in [5, 5.41) is 0.523. The summed E-state index contributed by atoms with van der Waals surface area (Å²) in [6, 6.07) is 21.3. The lowest BCUT2D eigenvalue weighted by atomic mass is 9.94. The maximum atomic E-state index is 13.7. The molecular formula is C29H27NO3. The lowest BCUT2D eigenvalue weighted by molar-refractivity contribution is 0.0714. The maximum Gasteiger partial charge on any atom is 0.291 e. The van der Waals surface area contributed by atoms with Crippen LogP contribution in [-0.4, -0.2) is 10.8 Å². The third-order valence-electron chi connectivity index (χ3n) is 6.70. The number of hydrogen-bond acceptors (Lipinski definition) is 3. The van der Waals surface area contributed by atoms with Crippen molar-refractivity contribution in [3.8, 4) is 0 Å². The first-order chi connectivity index (χ1) is 15.8. The van der Waals surface area contributed by atoms with Crippen LogP contribution in [-0.2, 0) is 6.54 Å². The zero-order valence-electron chi connectivity index (χ0n) is 19.4. The monoisotopic (exact) mass is 437 g/mol. The van der Waals surface area contributed by atoms with Gasteiger partial charge in [-0.25, -0.2) is 0 Å². The lowest BCUT2D eigenvalue weighted by Crippen LogP contribution is -2.29. The number of amides is 1. The van der Waals surface area contributed by atoms with Gasteiger partial charge in [-0.3, -0.25) is 9.59 Å². The third kappa shape index (κ3) is 3.56. The van der Waals surface area contributed by atoms with E-state index in [9.17, 15) is 9.59 Å². The molecule has 1 aliphatic rings. The zero-order valence-corrected chi connectivity index (χ0v) is 19.4. The number of rotatable bonds is 4. The first kappa shape index (κ1) is 21.2. The minimum Gasteiger partial charge on any atom is -0.450 e. The van der Waals surface area contributed by atoms with Gasteiger partial charge in [-0.05, 0) is 59.7 Å². The van der Waals surface area contributed by atoms with E-state index in [2.05, 4.69) is 26.0 Å². The van der Waals surface area contributed by atoms with E-state index >= 15 is 0 Å². The molecule has 0 fully saturated rings. The summed E-state index contributed by atoms with van der Waals surface area (Å²) in [5.74, 6) is 0.311. The molecule has 2 heterocycles. The largest absolute Gasteiger partial charge is 0.450 e. The lowest BCUT2D eigenvalue weighted by Gasteiger charge is -2.25. The van der Waals surface area contributed by atoms with E-state index in [1.165, 1.54) is 5.56 Å². The molecule has 0 N–H and O–H groups in total. The van der Waals surface area contributed by atoms with E-state index in [4.69, 9.17) is 4.42 Å². The number of fused-ring (bicyclic) bond motifs is 2. The van der Waals surface area contributed by atoms with Crippen molar-refractivity contribution in [2.75, 3.05) is 0 Å². The van der Waals surface area contributed by atoms with E-state index in [0.29, 0.717) is 29.0 Å². The summed E-state index contributed by atoms with van der Waals surface area (Å²) in [4.78, 5) is 29.1. The highest BCUT2D eigenvalue weighted by atomic mass is 16.3. The molecule has 3 aromatic carbocycles. The normalized spacial score (nSPS) is 15.5. The van der Waals surface area contributed by atoms with Gasteiger partial charge in [0.25, 0.3) is 5.91 Å². The van der Waals surface area contributed by atoms with Gasteiger partial charge in [-0.1, -0.05) is 68.4 Å². The van der Waals surface area contributed by atoms with E-state index in [1.54, 1.807) is 4.90 Å². The van der Waals surface area contributed by atoms with Crippen molar-refractivity contribution < 1.29 is 9.21 Å². The van der Waals surface area contributed by atoms with E-state index in [1.807, 2.05) is 68.4 Å². The average Bonchev–Trinajstić information content (AvgIpc) is 3.08. The number of benzene rings is 3. The topological polar surface area (TPSA) is 50.5 Å². The quantitative estimate of drug-likeness (QED) is 0.378. The molecule has 1 amide bonds. The molecule has 0 saturated carbocycles. The molecule has 1 unspecified atom stereocenters. The fraction of sp³-hybridized carbons (Fsp3) is 0.241. The van der Waals surface area contributed by atoms with Crippen LogP contribution in [0.1, 0.15) is 69.7 Å². The van der Waals surface area contributed by atoms with E-state index < -0.39 is 6.04 Å². The molecule has 1 aromatic heterocycles. The average molecular weight is 438 g/mol. The Kier molecular flexibility index (Phi) is 5.16. The highest BCUT2D eigenvalue weighted by molar-refractivity contribution is 5.99. The van der Waals surface area contributed by atoms with Gasteiger partial charge in [0.1, 0.15) is 5.58 Å². The van der Waals surface area contributed by atoms with Gasteiger partial charge in [0.15, 0.2) is 5.43 Å². The van der Waals surface area contributed by atoms with Crippen molar-refractivity contribution in [2.45, 2.75) is 46.2 Å². The number of carbonyl (C=O) groups excluding carboxylic acids is 1. The van der Waals surface area contributed by atoms with Crippen molar-refractivity contribution in [2.24, 2.45) is 0 Å². The molecule has 0 bridgehead atoms. The van der Waals surface area contributed by atoms with Gasteiger partial charge in [0.05, 0.1) is 17.0 Å². The predicted molar refractivity (Wildman–Crippen MR) is 131 cm³/mol. The van der Waals surface area contributed by atoms with Crippen LogP contribution in [0.3, 0.4) is 0 Å². The Hall–Kier alpha value is -3.66. The maximum absolute atomic E-state index is 13.7. The van der Waals surface area contributed by atoms with Crippen LogP contribution in [0.25, 0.3) is 11.0 Å².